The Bertz CT molecular complexity index is 824. The number of piperidine rings is 1. The van der Waals surface area contributed by atoms with E-state index >= 15 is 0 Å². The summed E-state index contributed by atoms with van der Waals surface area (Å²) < 4.78 is 6.05. The van der Waals surface area contributed by atoms with Crippen molar-refractivity contribution in [2.24, 2.45) is 0 Å². The van der Waals surface area contributed by atoms with Gasteiger partial charge in [-0.25, -0.2) is 0 Å². The highest BCUT2D eigenvalue weighted by Crippen LogP contribution is 2.43. The van der Waals surface area contributed by atoms with Crippen LogP contribution >= 0.6 is 0 Å². The second kappa shape index (κ2) is 5.70. The molecule has 0 saturated carbocycles. The van der Waals surface area contributed by atoms with Gasteiger partial charge in [0.25, 0.3) is 5.91 Å². The Hall–Kier alpha value is -2.61. The Morgan fingerprint density at radius 3 is 2.88 bits per heavy atom. The predicted octanol–water partition coefficient (Wildman–Crippen LogP) is -0.382. The van der Waals surface area contributed by atoms with Crippen LogP contribution in [0.25, 0.3) is 0 Å². The van der Waals surface area contributed by atoms with Crippen molar-refractivity contribution >= 4 is 23.4 Å². The first-order valence-corrected chi connectivity index (χ1v) is 9.04. The number of nitrogens with zero attached hydrogens (tertiary/aromatic N) is 2. The van der Waals surface area contributed by atoms with Crippen molar-refractivity contribution in [2.75, 3.05) is 31.1 Å². The topological polar surface area (TPSA) is 91.0 Å². The number of hydrogen-bond acceptors (Lipinski definition) is 6. The van der Waals surface area contributed by atoms with E-state index in [0.29, 0.717) is 31.2 Å². The molecule has 2 N–H and O–H groups in total. The van der Waals surface area contributed by atoms with E-state index in [-0.39, 0.29) is 24.1 Å². The number of hydrogen-bond donors (Lipinski definition) is 2. The summed E-state index contributed by atoms with van der Waals surface area (Å²) in [5, 5.41) is 5.71. The molecule has 0 spiro atoms. The van der Waals surface area contributed by atoms with Crippen molar-refractivity contribution in [3.8, 4) is 5.75 Å². The number of imide groups is 1. The van der Waals surface area contributed by atoms with Crippen LogP contribution < -0.4 is 20.3 Å². The van der Waals surface area contributed by atoms with Gasteiger partial charge >= 0.3 is 0 Å². The molecule has 2 saturated heterocycles. The molecule has 0 unspecified atom stereocenters. The lowest BCUT2D eigenvalue weighted by atomic mass is 10.0. The molecule has 0 aliphatic carbocycles. The molecule has 8 nitrogen and oxygen atoms in total. The van der Waals surface area contributed by atoms with Crippen molar-refractivity contribution in [1.29, 1.82) is 0 Å². The molecular weight excluding hydrogens is 336 g/mol. The van der Waals surface area contributed by atoms with Gasteiger partial charge in [0, 0.05) is 37.2 Å². The molecule has 136 valence electrons. The average molecular weight is 356 g/mol. The fraction of sp³-hybridized carbons (Fsp3) is 0.500. The Morgan fingerprint density at radius 1 is 1.15 bits per heavy atom. The fourth-order valence-electron chi connectivity index (χ4n) is 4.39. The van der Waals surface area contributed by atoms with E-state index in [9.17, 15) is 14.4 Å². The Morgan fingerprint density at radius 2 is 2.04 bits per heavy atom. The molecule has 1 aromatic carbocycles. The maximum atomic E-state index is 12.9. The van der Waals surface area contributed by atoms with E-state index in [1.807, 2.05) is 12.1 Å². The smallest absolute Gasteiger partial charge is 0.255 e. The van der Waals surface area contributed by atoms with E-state index in [1.54, 1.807) is 4.90 Å². The standard InChI is InChI=1S/C18H20N4O4/c23-15-4-3-14(17(24)20-15)22-8-12-11(18(22)25)1-2-13-16(12)26-9-10-7-19-5-6-21(10)13/h1-2,10,14,19H,3-9H2,(H,20,23,24)/t10-,14-/m0/s1. The quantitative estimate of drug-likeness (QED) is 0.667. The third kappa shape index (κ3) is 2.21. The van der Waals surface area contributed by atoms with Crippen molar-refractivity contribution in [1.82, 2.24) is 15.5 Å². The summed E-state index contributed by atoms with van der Waals surface area (Å²) >= 11 is 0. The molecule has 1 aromatic rings. The highest BCUT2D eigenvalue weighted by Gasteiger charge is 2.42. The van der Waals surface area contributed by atoms with Gasteiger partial charge in [-0.1, -0.05) is 0 Å². The van der Waals surface area contributed by atoms with Gasteiger partial charge in [-0.15, -0.1) is 0 Å². The summed E-state index contributed by atoms with van der Waals surface area (Å²) in [5.74, 6) is -0.0626. The number of rotatable bonds is 1. The summed E-state index contributed by atoms with van der Waals surface area (Å²) in [5.41, 5.74) is 2.48. The first kappa shape index (κ1) is 15.6. The van der Waals surface area contributed by atoms with Crippen LogP contribution in [-0.4, -0.2) is 60.9 Å². The third-order valence-electron chi connectivity index (χ3n) is 5.73. The lowest BCUT2D eigenvalue weighted by molar-refractivity contribution is -0.136. The van der Waals surface area contributed by atoms with Crippen LogP contribution in [0.2, 0.25) is 0 Å². The molecule has 26 heavy (non-hydrogen) atoms. The van der Waals surface area contributed by atoms with Gasteiger partial charge in [0.1, 0.15) is 18.4 Å². The van der Waals surface area contributed by atoms with Crippen molar-refractivity contribution < 1.29 is 19.1 Å². The molecular formula is C18H20N4O4. The highest BCUT2D eigenvalue weighted by molar-refractivity contribution is 6.06. The molecule has 0 aromatic heterocycles. The molecule has 8 heteroatoms. The van der Waals surface area contributed by atoms with Gasteiger partial charge in [0.15, 0.2) is 0 Å². The molecule has 0 bridgehead atoms. The zero-order valence-electron chi connectivity index (χ0n) is 14.3. The van der Waals surface area contributed by atoms with Crippen molar-refractivity contribution in [3.05, 3.63) is 23.3 Å². The first-order valence-electron chi connectivity index (χ1n) is 9.04. The number of benzene rings is 1. The van der Waals surface area contributed by atoms with Gasteiger partial charge in [-0.2, -0.15) is 0 Å². The molecule has 3 amide bonds. The lowest BCUT2D eigenvalue weighted by Gasteiger charge is -2.42. The van der Waals surface area contributed by atoms with Crippen LogP contribution in [-0.2, 0) is 16.1 Å². The minimum absolute atomic E-state index is 0.164. The molecule has 4 aliphatic heterocycles. The first-order chi connectivity index (χ1) is 12.6. The highest BCUT2D eigenvalue weighted by atomic mass is 16.5. The number of carbonyl (C=O) groups is 3. The summed E-state index contributed by atoms with van der Waals surface area (Å²) in [6.07, 6.45) is 0.626. The maximum Gasteiger partial charge on any atom is 0.255 e. The van der Waals surface area contributed by atoms with Gasteiger partial charge in [-0.3, -0.25) is 19.7 Å². The summed E-state index contributed by atoms with van der Waals surface area (Å²) in [4.78, 5) is 40.4. The number of ether oxygens (including phenoxy) is 1. The van der Waals surface area contributed by atoms with E-state index in [0.717, 1.165) is 36.6 Å². The van der Waals surface area contributed by atoms with Crippen LogP contribution in [0.1, 0.15) is 28.8 Å². The number of nitrogens with one attached hydrogen (secondary N) is 2. The number of amides is 3. The van der Waals surface area contributed by atoms with Crippen LogP contribution in [0.15, 0.2) is 12.1 Å². The summed E-state index contributed by atoms with van der Waals surface area (Å²) in [6, 6.07) is 3.50. The van der Waals surface area contributed by atoms with Crippen molar-refractivity contribution in [2.45, 2.75) is 31.5 Å². The molecule has 4 heterocycles. The molecule has 5 rings (SSSR count). The normalized spacial score (nSPS) is 27.5. The molecule has 2 atom stereocenters. The van der Waals surface area contributed by atoms with Crippen LogP contribution in [0, 0.1) is 0 Å². The Kier molecular flexibility index (Phi) is 3.43. The zero-order chi connectivity index (χ0) is 17.8. The average Bonchev–Trinajstić information content (AvgIpc) is 2.98. The van der Waals surface area contributed by atoms with Gasteiger partial charge in [-0.05, 0) is 18.6 Å². The molecule has 4 aliphatic rings. The maximum absolute atomic E-state index is 12.9. The largest absolute Gasteiger partial charge is 0.489 e. The number of anilines is 1. The second-order valence-corrected chi connectivity index (χ2v) is 7.20. The minimum atomic E-state index is -0.598. The van der Waals surface area contributed by atoms with Gasteiger partial charge < -0.3 is 19.9 Å². The van der Waals surface area contributed by atoms with Gasteiger partial charge in [0.05, 0.1) is 18.3 Å². The van der Waals surface area contributed by atoms with Crippen molar-refractivity contribution in [3.63, 3.8) is 0 Å². The lowest BCUT2D eigenvalue weighted by Crippen LogP contribution is -2.55. The predicted molar refractivity (Wildman–Crippen MR) is 92.0 cm³/mol. The minimum Gasteiger partial charge on any atom is -0.489 e. The molecule has 2 fully saturated rings. The number of piperazine rings is 1. The zero-order valence-corrected chi connectivity index (χ0v) is 14.3. The summed E-state index contributed by atoms with van der Waals surface area (Å²) in [7, 11) is 0. The van der Waals surface area contributed by atoms with E-state index < -0.39 is 6.04 Å². The monoisotopic (exact) mass is 356 g/mol. The number of carbonyl (C=O) groups excluding carboxylic acids is 3. The van der Waals surface area contributed by atoms with Gasteiger partial charge in [0.2, 0.25) is 11.8 Å². The van der Waals surface area contributed by atoms with Crippen LogP contribution in [0.5, 0.6) is 5.75 Å². The Balaban J connectivity index is 1.48. The van der Waals surface area contributed by atoms with Crippen LogP contribution in [0.3, 0.4) is 0 Å². The SMILES string of the molecule is O=C1CC[C@H](N2Cc3c(ccc4c3OC[C@@H]3CNCCN43)C2=O)C(=O)N1. The second-order valence-electron chi connectivity index (χ2n) is 7.20. The van der Waals surface area contributed by atoms with E-state index in [1.165, 1.54) is 0 Å². The fourth-order valence-corrected chi connectivity index (χ4v) is 4.39. The van der Waals surface area contributed by atoms with E-state index in [2.05, 4.69) is 15.5 Å². The van der Waals surface area contributed by atoms with E-state index in [4.69, 9.17) is 4.74 Å². The third-order valence-corrected chi connectivity index (χ3v) is 5.73. The number of fused-ring (bicyclic) bond motifs is 5. The van der Waals surface area contributed by atoms with Crippen LogP contribution in [0.4, 0.5) is 5.69 Å². The Labute approximate surface area is 150 Å². The molecule has 0 radical (unpaired) electrons. The summed E-state index contributed by atoms with van der Waals surface area (Å²) in [6.45, 7) is 3.65.